The fourth-order valence-corrected chi connectivity index (χ4v) is 7.12. The number of carbonyl (C=O) groups excluding carboxylic acids is 3. The Bertz CT molecular complexity index is 2850. The number of aliphatic hydroxyl groups excluding tert-OH is 1. The van der Waals surface area contributed by atoms with Gasteiger partial charge < -0.3 is 54.9 Å². The molecule has 1 unspecified atom stereocenters. The molecule has 0 saturated carbocycles. The van der Waals surface area contributed by atoms with E-state index in [1.165, 1.54) is 31.4 Å². The highest BCUT2D eigenvalue weighted by molar-refractivity contribution is 7.46. The lowest BCUT2D eigenvalue weighted by molar-refractivity contribution is 0.0981. The number of carbonyl (C=O) groups is 3. The van der Waals surface area contributed by atoms with Crippen LogP contribution in [0.15, 0.2) is 58.5 Å². The van der Waals surface area contributed by atoms with Crippen LogP contribution < -0.4 is 32.2 Å². The molecule has 324 valence electrons. The summed E-state index contributed by atoms with van der Waals surface area (Å²) in [6.45, 7) is 8.06. The van der Waals surface area contributed by atoms with Gasteiger partial charge in [0, 0.05) is 43.7 Å². The Balaban J connectivity index is 1.45. The van der Waals surface area contributed by atoms with Crippen LogP contribution in [0.5, 0.6) is 11.5 Å². The van der Waals surface area contributed by atoms with Crippen molar-refractivity contribution in [1.29, 1.82) is 0 Å². The second-order valence-electron chi connectivity index (χ2n) is 13.7. The fraction of sp³-hybridized carbons (Fsp3) is 0.342. The Morgan fingerprint density at radius 2 is 1.39 bits per heavy atom. The summed E-state index contributed by atoms with van der Waals surface area (Å²) in [6.07, 6.45) is 2.29. The molecule has 0 fully saturated rings. The van der Waals surface area contributed by atoms with Gasteiger partial charge in [0.15, 0.2) is 6.23 Å². The maximum absolute atomic E-state index is 13.6. The van der Waals surface area contributed by atoms with E-state index >= 15 is 0 Å². The van der Waals surface area contributed by atoms with Gasteiger partial charge in [-0.2, -0.15) is 15.2 Å². The first-order valence-electron chi connectivity index (χ1n) is 19.1. The van der Waals surface area contributed by atoms with Crippen molar-refractivity contribution in [3.8, 4) is 11.5 Å². The number of aromatic nitrogens is 8. The zero-order valence-electron chi connectivity index (χ0n) is 34.0. The summed E-state index contributed by atoms with van der Waals surface area (Å²) in [6, 6.07) is 9.34. The smallest absolute Gasteiger partial charge is 0.469 e. The molecule has 23 heteroatoms. The number of hydrogen-bond acceptors (Lipinski definition) is 11. The number of allylic oxidation sites excluding steroid dienone is 2. The maximum Gasteiger partial charge on any atom is 0.469 e. The largest absolute Gasteiger partial charge is 0.494 e. The van der Waals surface area contributed by atoms with E-state index in [1.54, 1.807) is 56.6 Å². The molecule has 0 aliphatic heterocycles. The van der Waals surface area contributed by atoms with E-state index in [-0.39, 0.29) is 66.5 Å². The Labute approximate surface area is 347 Å². The number of amides is 3. The molecular formula is C38H47N12O10P. The first kappa shape index (κ1) is 44.0. The molecule has 2 aromatic carbocycles. The first-order valence-corrected chi connectivity index (χ1v) is 20.6. The Hall–Kier alpha value is -6.58. The summed E-state index contributed by atoms with van der Waals surface area (Å²) >= 11 is 0. The number of phosphoric ester groups is 1. The average molecular weight is 863 g/mol. The normalized spacial score (nSPS) is 13.2. The van der Waals surface area contributed by atoms with Gasteiger partial charge in [0.2, 0.25) is 23.1 Å². The molecular weight excluding hydrogens is 815 g/mol. The number of methoxy groups -OCH3 is 1. The monoisotopic (exact) mass is 862 g/mol. The van der Waals surface area contributed by atoms with Gasteiger partial charge in [-0.25, -0.2) is 9.56 Å². The highest BCUT2D eigenvalue weighted by Gasteiger charge is 2.20. The number of aliphatic hydroxyl groups is 1. The molecule has 1 atom stereocenters. The molecule has 0 bridgehead atoms. The number of primary amides is 2. The third-order valence-electron chi connectivity index (χ3n) is 9.40. The number of imidazole rings is 2. The number of H-pyrrole nitrogens is 2. The summed E-state index contributed by atoms with van der Waals surface area (Å²) < 4.78 is 34.0. The van der Waals surface area contributed by atoms with Crippen LogP contribution in [-0.4, -0.2) is 91.6 Å². The molecule has 61 heavy (non-hydrogen) atoms. The summed E-state index contributed by atoms with van der Waals surface area (Å²) in [5, 5.41) is 20.2. The summed E-state index contributed by atoms with van der Waals surface area (Å²) in [7, 11) is -3.27. The number of phosphoric acid groups is 1. The molecule has 3 amide bonds. The second kappa shape index (κ2) is 18.4. The van der Waals surface area contributed by atoms with Crippen LogP contribution in [-0.2, 0) is 35.3 Å². The molecule has 0 radical (unpaired) electrons. The minimum Gasteiger partial charge on any atom is -0.494 e. The maximum atomic E-state index is 13.6. The van der Waals surface area contributed by atoms with E-state index in [9.17, 15) is 24.1 Å². The van der Waals surface area contributed by atoms with Crippen LogP contribution in [0.1, 0.15) is 74.8 Å². The zero-order valence-corrected chi connectivity index (χ0v) is 34.9. The number of hydrogen-bond donors (Lipinski definition) is 7. The van der Waals surface area contributed by atoms with Crippen molar-refractivity contribution in [2.24, 2.45) is 21.5 Å². The van der Waals surface area contributed by atoms with Crippen molar-refractivity contribution in [2.75, 3.05) is 20.3 Å². The van der Waals surface area contributed by atoms with Crippen LogP contribution in [0.25, 0.3) is 22.1 Å². The van der Waals surface area contributed by atoms with Crippen LogP contribution in [0.3, 0.4) is 0 Å². The van der Waals surface area contributed by atoms with E-state index in [4.69, 9.17) is 30.7 Å². The number of nitrogens with two attached hydrogens (primary N) is 2. The predicted molar refractivity (Wildman–Crippen MR) is 219 cm³/mol. The molecule has 9 N–H and O–H groups in total. The molecule has 4 heterocycles. The number of nitrogens with zero attached hydrogens (tertiary/aromatic N) is 8. The van der Waals surface area contributed by atoms with Gasteiger partial charge in [0.25, 0.3) is 5.91 Å². The Morgan fingerprint density at radius 1 is 0.836 bits per heavy atom. The Morgan fingerprint density at radius 3 is 1.98 bits per heavy atom. The number of rotatable bonds is 18. The topological polar surface area (TPSA) is 310 Å². The molecule has 0 aliphatic carbocycles. The Kier molecular flexibility index (Phi) is 13.2. The van der Waals surface area contributed by atoms with Gasteiger partial charge in [-0.15, -0.1) is 0 Å². The van der Waals surface area contributed by atoms with E-state index in [0.717, 1.165) is 0 Å². The van der Waals surface area contributed by atoms with E-state index in [0.29, 0.717) is 58.0 Å². The van der Waals surface area contributed by atoms with Crippen molar-refractivity contribution in [2.45, 2.75) is 66.5 Å². The van der Waals surface area contributed by atoms with Gasteiger partial charge >= 0.3 is 7.82 Å². The molecule has 22 nitrogen and oxygen atoms in total. The number of nitrogens with one attached hydrogen (secondary N) is 2. The van der Waals surface area contributed by atoms with Crippen molar-refractivity contribution >= 4 is 47.6 Å². The summed E-state index contributed by atoms with van der Waals surface area (Å²) in [5.74, 6) is -1.52. The lowest BCUT2D eigenvalue weighted by Crippen LogP contribution is -2.22. The standard InChI is InChI=1S/C38H47N12O10P/c1-6-49-27(15-21(3)45-49)35(53)43-37-41-25-17-23(33(39)51)19-29(58-5)31(25)47(37)11-8-9-12-48-32-26(42-38(48)44-36(54)28-16-22(4)46-50(28)7-2)18-24(34(40)52)20-30(32)59-13-10-14-60-61(55,56)57/h8-9,15-20,36,54H,6-7,10-14H2,1-5H3,(H2,39,51)(H2,40,52)(H,42,44)(H,41,43,53)(H2,55,56,57)/b9-8+. The van der Waals surface area contributed by atoms with Gasteiger partial charge in [0.05, 0.1) is 48.4 Å². The molecule has 6 aromatic rings. The van der Waals surface area contributed by atoms with Crippen LogP contribution >= 0.6 is 7.82 Å². The predicted octanol–water partition coefficient (Wildman–Crippen LogP) is 1.98. The quantitative estimate of drug-likeness (QED) is 0.0371. The fourth-order valence-electron chi connectivity index (χ4n) is 6.75. The third-order valence-corrected chi connectivity index (χ3v) is 9.92. The SMILES string of the molecule is CCn1nc(C)cc1C(=O)/N=c1\[nH]c2cc(C(N)=O)cc(OC)c2n1C/C=C/Cn1/c(=N/C(O)c2cc(C)nn2CC)[nH]c2cc(C(N)=O)cc(OCCCOP(=O)(O)O)c21. The third kappa shape index (κ3) is 9.90. The lowest BCUT2D eigenvalue weighted by Gasteiger charge is -2.12. The van der Waals surface area contributed by atoms with E-state index in [2.05, 4.69) is 34.7 Å². The zero-order chi connectivity index (χ0) is 44.2. The average Bonchev–Trinajstić information content (AvgIpc) is 3.97. The van der Waals surface area contributed by atoms with Crippen molar-refractivity contribution in [1.82, 2.24) is 38.7 Å². The second-order valence-corrected chi connectivity index (χ2v) is 15.0. The minimum absolute atomic E-state index is 0.0670. The summed E-state index contributed by atoms with van der Waals surface area (Å²) in [5.41, 5.74) is 15.6. The van der Waals surface area contributed by atoms with Crippen LogP contribution in [0, 0.1) is 13.8 Å². The molecule has 0 spiro atoms. The number of aryl methyl sites for hydroxylation is 4. The number of benzene rings is 2. The van der Waals surface area contributed by atoms with Gasteiger partial charge in [-0.05, 0) is 64.1 Å². The van der Waals surface area contributed by atoms with Crippen LogP contribution in [0.2, 0.25) is 0 Å². The van der Waals surface area contributed by atoms with Crippen molar-refractivity contribution < 1.29 is 47.8 Å². The number of fused-ring (bicyclic) bond motifs is 2. The molecule has 6 rings (SSSR count). The van der Waals surface area contributed by atoms with Crippen molar-refractivity contribution in [3.63, 3.8) is 0 Å². The van der Waals surface area contributed by atoms with Crippen molar-refractivity contribution in [3.05, 3.63) is 93.7 Å². The molecule has 0 aliphatic rings. The van der Waals surface area contributed by atoms with Gasteiger partial charge in [-0.1, -0.05) is 12.2 Å². The molecule has 0 saturated heterocycles. The highest BCUT2D eigenvalue weighted by Crippen LogP contribution is 2.35. The molecule has 4 aromatic heterocycles. The number of ether oxygens (including phenoxy) is 2. The lowest BCUT2D eigenvalue weighted by atomic mass is 10.1. The van der Waals surface area contributed by atoms with Gasteiger partial charge in [-0.3, -0.25) is 28.3 Å². The van der Waals surface area contributed by atoms with Gasteiger partial charge in [0.1, 0.15) is 28.2 Å². The minimum atomic E-state index is -4.70. The first-order chi connectivity index (χ1) is 29.0. The van der Waals surface area contributed by atoms with E-state index < -0.39 is 31.8 Å². The highest BCUT2D eigenvalue weighted by atomic mass is 31.2. The van der Waals surface area contributed by atoms with E-state index in [1.807, 2.05) is 13.8 Å². The summed E-state index contributed by atoms with van der Waals surface area (Å²) in [4.78, 5) is 71.7. The van der Waals surface area contributed by atoms with Crippen LogP contribution in [0.4, 0.5) is 0 Å². The number of aromatic amines is 2.